The fraction of sp³-hybridized carbons (Fsp3) is 0.278. The molecule has 1 fully saturated rings. The van der Waals surface area contributed by atoms with Gasteiger partial charge in [0.25, 0.3) is 0 Å². The molecule has 4 rings (SSSR count). The van der Waals surface area contributed by atoms with Crippen molar-refractivity contribution in [2.75, 3.05) is 36.4 Å². The molecule has 140 valence electrons. The van der Waals surface area contributed by atoms with Crippen LogP contribution in [0.4, 0.5) is 15.6 Å². The topological polar surface area (TPSA) is 61.4 Å². The summed E-state index contributed by atoms with van der Waals surface area (Å²) in [4.78, 5) is 26.5. The number of urea groups is 1. The normalized spacial score (nSPS) is 14.4. The fourth-order valence-corrected chi connectivity index (χ4v) is 5.27. The summed E-state index contributed by atoms with van der Waals surface area (Å²) in [5.41, 5.74) is 1.85. The zero-order valence-electron chi connectivity index (χ0n) is 14.8. The third-order valence-electron chi connectivity index (χ3n) is 4.17. The van der Waals surface area contributed by atoms with E-state index in [0.717, 1.165) is 38.8 Å². The van der Waals surface area contributed by atoms with Crippen molar-refractivity contribution in [2.45, 2.75) is 16.2 Å². The molecule has 0 spiro atoms. The maximum absolute atomic E-state index is 12.5. The molecule has 1 aliphatic rings. The molecule has 0 unspecified atom stereocenters. The number of anilines is 2. The van der Waals surface area contributed by atoms with Crippen molar-refractivity contribution < 1.29 is 4.79 Å². The summed E-state index contributed by atoms with van der Waals surface area (Å²) in [5, 5.41) is 8.04. The quantitative estimate of drug-likeness (QED) is 0.681. The van der Waals surface area contributed by atoms with Crippen molar-refractivity contribution in [2.24, 2.45) is 0 Å². The lowest BCUT2D eigenvalue weighted by atomic mass is 10.3. The highest BCUT2D eigenvalue weighted by atomic mass is 32.2. The lowest BCUT2D eigenvalue weighted by Crippen LogP contribution is -2.50. The van der Waals surface area contributed by atoms with Crippen LogP contribution in [-0.4, -0.2) is 47.1 Å². The van der Waals surface area contributed by atoms with Gasteiger partial charge in [-0.25, -0.2) is 14.8 Å². The Bertz CT molecular complexity index is 886. The Morgan fingerprint density at radius 1 is 1.15 bits per heavy atom. The molecule has 3 heterocycles. The number of aromatic nitrogens is 2. The molecule has 0 aliphatic carbocycles. The summed E-state index contributed by atoms with van der Waals surface area (Å²) < 4.78 is 1.03. The highest BCUT2D eigenvalue weighted by molar-refractivity contribution is 8.01. The molecular formula is C18H19N5OS3. The zero-order chi connectivity index (χ0) is 18.6. The predicted octanol–water partition coefficient (Wildman–Crippen LogP) is 4.41. The maximum Gasteiger partial charge on any atom is 0.321 e. The molecular weight excluding hydrogens is 398 g/mol. The first-order valence-electron chi connectivity index (χ1n) is 8.58. The van der Waals surface area contributed by atoms with Crippen LogP contribution in [0.3, 0.4) is 0 Å². The van der Waals surface area contributed by atoms with Gasteiger partial charge < -0.3 is 15.1 Å². The predicted molar refractivity (Wildman–Crippen MR) is 112 cm³/mol. The molecule has 1 N–H and O–H groups in total. The zero-order valence-corrected chi connectivity index (χ0v) is 17.2. The van der Waals surface area contributed by atoms with Gasteiger partial charge in [0, 0.05) is 59.4 Å². The van der Waals surface area contributed by atoms with Gasteiger partial charge in [-0.2, -0.15) is 0 Å². The minimum absolute atomic E-state index is 0.0512. The summed E-state index contributed by atoms with van der Waals surface area (Å²) >= 11 is 4.92. The number of hydrogen-bond acceptors (Lipinski definition) is 7. The maximum atomic E-state index is 12.5. The first-order valence-corrected chi connectivity index (χ1v) is 11.2. The molecule has 2 amide bonds. The van der Waals surface area contributed by atoms with Gasteiger partial charge in [0.05, 0.1) is 0 Å². The molecule has 3 aromatic rings. The number of nitrogens with one attached hydrogen (secondary N) is 1. The summed E-state index contributed by atoms with van der Waals surface area (Å²) in [6, 6.07) is 7.85. The van der Waals surface area contributed by atoms with E-state index in [9.17, 15) is 4.79 Å². The Morgan fingerprint density at radius 3 is 2.56 bits per heavy atom. The van der Waals surface area contributed by atoms with Crippen molar-refractivity contribution in [3.63, 3.8) is 0 Å². The SMILES string of the molecule is Cc1csc(Sc2ccc(NC(=O)N3CCN(c4nccs4)CC3)cc2)n1. The van der Waals surface area contributed by atoms with Gasteiger partial charge >= 0.3 is 6.03 Å². The molecule has 1 aromatic carbocycles. The number of aryl methyl sites for hydroxylation is 1. The van der Waals surface area contributed by atoms with Crippen LogP contribution in [0.25, 0.3) is 0 Å². The van der Waals surface area contributed by atoms with E-state index in [2.05, 4.69) is 20.2 Å². The van der Waals surface area contributed by atoms with Gasteiger partial charge in [0.1, 0.15) is 0 Å². The van der Waals surface area contributed by atoms with E-state index in [1.807, 2.05) is 53.0 Å². The molecule has 0 bridgehead atoms. The number of carbonyl (C=O) groups is 1. The highest BCUT2D eigenvalue weighted by Gasteiger charge is 2.22. The Balaban J connectivity index is 1.29. The van der Waals surface area contributed by atoms with Gasteiger partial charge in [-0.05, 0) is 31.2 Å². The summed E-state index contributed by atoms with van der Waals surface area (Å²) in [6.45, 7) is 5.01. The van der Waals surface area contributed by atoms with Crippen LogP contribution < -0.4 is 10.2 Å². The number of amides is 2. The van der Waals surface area contributed by atoms with Crippen molar-refractivity contribution in [3.05, 3.63) is 46.9 Å². The van der Waals surface area contributed by atoms with Gasteiger partial charge in [-0.15, -0.1) is 22.7 Å². The number of thiazole rings is 2. The van der Waals surface area contributed by atoms with E-state index in [1.165, 1.54) is 0 Å². The van der Waals surface area contributed by atoms with Crippen molar-refractivity contribution >= 4 is 51.3 Å². The number of hydrogen-bond donors (Lipinski definition) is 1. The van der Waals surface area contributed by atoms with Gasteiger partial charge in [-0.1, -0.05) is 11.8 Å². The number of carbonyl (C=O) groups excluding carboxylic acids is 1. The van der Waals surface area contributed by atoms with Crippen molar-refractivity contribution in [1.82, 2.24) is 14.9 Å². The van der Waals surface area contributed by atoms with E-state index in [4.69, 9.17) is 0 Å². The van der Waals surface area contributed by atoms with Crippen LogP contribution in [0.15, 0.2) is 50.5 Å². The van der Waals surface area contributed by atoms with Crippen LogP contribution >= 0.6 is 34.4 Å². The number of nitrogens with zero attached hydrogens (tertiary/aromatic N) is 4. The van der Waals surface area contributed by atoms with Crippen LogP contribution in [0.2, 0.25) is 0 Å². The van der Waals surface area contributed by atoms with E-state index < -0.39 is 0 Å². The molecule has 1 saturated heterocycles. The standard InChI is InChI=1S/C18H19N5OS3/c1-13-12-26-18(20-13)27-15-4-2-14(3-5-15)21-16(24)22-7-9-23(10-8-22)17-19-6-11-25-17/h2-6,11-12H,7-10H2,1H3,(H,21,24). The average Bonchev–Trinajstić information content (AvgIpc) is 3.35. The number of rotatable bonds is 4. The van der Waals surface area contributed by atoms with Crippen LogP contribution in [0.1, 0.15) is 5.69 Å². The molecule has 0 radical (unpaired) electrons. The summed E-state index contributed by atoms with van der Waals surface area (Å²) in [7, 11) is 0. The molecule has 0 atom stereocenters. The van der Waals surface area contributed by atoms with Gasteiger partial charge in [-0.3, -0.25) is 0 Å². The van der Waals surface area contributed by atoms with Gasteiger partial charge in [0.15, 0.2) is 9.47 Å². The third kappa shape index (κ3) is 4.60. The highest BCUT2D eigenvalue weighted by Crippen LogP contribution is 2.31. The van der Waals surface area contributed by atoms with Gasteiger partial charge in [0.2, 0.25) is 0 Å². The van der Waals surface area contributed by atoms with E-state index in [1.54, 1.807) is 34.4 Å². The Hall–Kier alpha value is -2.10. The summed E-state index contributed by atoms with van der Waals surface area (Å²) in [5.74, 6) is 0. The second kappa shape index (κ2) is 8.28. The first-order chi connectivity index (χ1) is 13.2. The third-order valence-corrected chi connectivity index (χ3v) is 7.06. The van der Waals surface area contributed by atoms with E-state index in [0.29, 0.717) is 13.1 Å². The number of benzene rings is 1. The second-order valence-corrected chi connectivity index (χ2v) is 9.15. The first kappa shape index (κ1) is 18.3. The summed E-state index contributed by atoms with van der Waals surface area (Å²) in [6.07, 6.45) is 1.82. The van der Waals surface area contributed by atoms with Crippen LogP contribution in [0.5, 0.6) is 0 Å². The molecule has 0 saturated carbocycles. The Labute approximate surface area is 170 Å². The molecule has 27 heavy (non-hydrogen) atoms. The lowest BCUT2D eigenvalue weighted by molar-refractivity contribution is 0.208. The molecule has 1 aliphatic heterocycles. The largest absolute Gasteiger partial charge is 0.345 e. The van der Waals surface area contributed by atoms with E-state index >= 15 is 0 Å². The van der Waals surface area contributed by atoms with E-state index in [-0.39, 0.29) is 6.03 Å². The second-order valence-electron chi connectivity index (χ2n) is 6.10. The fourth-order valence-electron chi connectivity index (χ4n) is 2.76. The minimum Gasteiger partial charge on any atom is -0.345 e. The van der Waals surface area contributed by atoms with Crippen LogP contribution in [0, 0.1) is 6.92 Å². The smallest absolute Gasteiger partial charge is 0.321 e. The molecule has 6 nitrogen and oxygen atoms in total. The molecule has 2 aromatic heterocycles. The monoisotopic (exact) mass is 417 g/mol. The molecule has 9 heteroatoms. The Morgan fingerprint density at radius 2 is 1.93 bits per heavy atom. The van der Waals surface area contributed by atoms with Crippen molar-refractivity contribution in [1.29, 1.82) is 0 Å². The average molecular weight is 418 g/mol. The van der Waals surface area contributed by atoms with Crippen molar-refractivity contribution in [3.8, 4) is 0 Å². The Kier molecular flexibility index (Phi) is 5.61. The van der Waals surface area contributed by atoms with Crippen LogP contribution in [-0.2, 0) is 0 Å². The lowest BCUT2D eigenvalue weighted by Gasteiger charge is -2.34. The number of piperazine rings is 1. The minimum atomic E-state index is -0.0512.